The summed E-state index contributed by atoms with van der Waals surface area (Å²) in [5.41, 5.74) is 3.02. The molecule has 2 aliphatic rings. The number of aliphatic hydroxyl groups excluding tert-OH is 1. The summed E-state index contributed by atoms with van der Waals surface area (Å²) in [6.07, 6.45) is 6.41. The lowest BCUT2D eigenvalue weighted by atomic mass is 9.50. The standard InChI is InChI=1S/C31H45NO2/c1-22(2)29-15-10-23(3)20-31(29,26-8-6-5-7-9-26)27-16-18-32(19-17-27)30(24(4)21-33)25-11-13-28(34)14-12-25/h5-9,11-14,22-24,27,29-30,33-34H,10,15-21H2,1-4H3. The molecule has 1 aliphatic carbocycles. The molecule has 3 heteroatoms. The van der Waals surface area contributed by atoms with Crippen molar-refractivity contribution in [2.24, 2.45) is 29.6 Å². The Kier molecular flexibility index (Phi) is 8.05. The van der Waals surface area contributed by atoms with Crippen molar-refractivity contribution < 1.29 is 10.2 Å². The fourth-order valence-corrected chi connectivity index (χ4v) is 7.63. The van der Waals surface area contributed by atoms with E-state index in [1.54, 1.807) is 17.7 Å². The summed E-state index contributed by atoms with van der Waals surface area (Å²) in [5, 5.41) is 19.8. The second kappa shape index (κ2) is 10.8. The lowest BCUT2D eigenvalue weighted by Crippen LogP contribution is -2.52. The van der Waals surface area contributed by atoms with Crippen LogP contribution >= 0.6 is 0 Å². The van der Waals surface area contributed by atoms with E-state index in [2.05, 4.69) is 62.9 Å². The van der Waals surface area contributed by atoms with Crippen molar-refractivity contribution in [2.75, 3.05) is 19.7 Å². The molecule has 2 aromatic carbocycles. The summed E-state index contributed by atoms with van der Waals surface area (Å²) >= 11 is 0. The smallest absolute Gasteiger partial charge is 0.115 e. The van der Waals surface area contributed by atoms with Crippen LogP contribution in [0, 0.1) is 29.6 Å². The lowest BCUT2D eigenvalue weighted by Gasteiger charge is -2.55. The van der Waals surface area contributed by atoms with Crippen molar-refractivity contribution in [1.29, 1.82) is 0 Å². The van der Waals surface area contributed by atoms with E-state index in [0.717, 1.165) is 24.9 Å². The Balaban J connectivity index is 1.62. The number of benzene rings is 2. The van der Waals surface area contributed by atoms with E-state index in [-0.39, 0.29) is 24.0 Å². The largest absolute Gasteiger partial charge is 0.508 e. The SMILES string of the molecule is CC1CCC(C(C)C)C(c2ccccc2)(C2CCN(C(c3ccc(O)cc3)C(C)CO)CC2)C1. The van der Waals surface area contributed by atoms with Gasteiger partial charge in [-0.3, -0.25) is 4.90 Å². The molecule has 0 spiro atoms. The van der Waals surface area contributed by atoms with Crippen molar-refractivity contribution >= 4 is 0 Å². The van der Waals surface area contributed by atoms with Crippen molar-refractivity contribution in [3.63, 3.8) is 0 Å². The molecule has 2 N–H and O–H groups in total. The Morgan fingerprint density at radius 3 is 2.15 bits per heavy atom. The van der Waals surface area contributed by atoms with E-state index in [1.165, 1.54) is 37.7 Å². The molecule has 2 fully saturated rings. The van der Waals surface area contributed by atoms with Gasteiger partial charge in [-0.2, -0.15) is 0 Å². The molecule has 1 aliphatic heterocycles. The third kappa shape index (κ3) is 4.93. The molecule has 0 radical (unpaired) electrons. The van der Waals surface area contributed by atoms with E-state index in [9.17, 15) is 10.2 Å². The zero-order chi connectivity index (χ0) is 24.3. The van der Waals surface area contributed by atoms with Crippen LogP contribution in [0.2, 0.25) is 0 Å². The van der Waals surface area contributed by atoms with E-state index < -0.39 is 0 Å². The number of piperidine rings is 1. The zero-order valence-electron chi connectivity index (χ0n) is 21.7. The molecule has 5 unspecified atom stereocenters. The number of aromatic hydroxyl groups is 1. The van der Waals surface area contributed by atoms with E-state index in [0.29, 0.717) is 17.6 Å². The van der Waals surface area contributed by atoms with Gasteiger partial charge in [-0.1, -0.05) is 76.6 Å². The first kappa shape index (κ1) is 25.3. The van der Waals surface area contributed by atoms with Gasteiger partial charge in [0.05, 0.1) is 0 Å². The average molecular weight is 464 g/mol. The molecule has 1 heterocycles. The molecular formula is C31H45NO2. The number of hydrogen-bond acceptors (Lipinski definition) is 3. The lowest BCUT2D eigenvalue weighted by molar-refractivity contribution is -0.000709. The predicted octanol–water partition coefficient (Wildman–Crippen LogP) is 6.80. The molecule has 4 rings (SSSR count). The number of hydrogen-bond donors (Lipinski definition) is 2. The molecule has 3 nitrogen and oxygen atoms in total. The van der Waals surface area contributed by atoms with E-state index in [4.69, 9.17) is 0 Å². The van der Waals surface area contributed by atoms with Crippen molar-refractivity contribution in [3.8, 4) is 5.75 Å². The highest BCUT2D eigenvalue weighted by Gasteiger charge is 2.51. The summed E-state index contributed by atoms with van der Waals surface area (Å²) in [7, 11) is 0. The van der Waals surface area contributed by atoms with Crippen molar-refractivity contribution in [3.05, 3.63) is 65.7 Å². The maximum atomic E-state index is 10.0. The highest BCUT2D eigenvalue weighted by atomic mass is 16.3. The monoisotopic (exact) mass is 463 g/mol. The normalized spacial score (nSPS) is 28.6. The van der Waals surface area contributed by atoms with Gasteiger partial charge in [0.1, 0.15) is 5.75 Å². The van der Waals surface area contributed by atoms with Crippen molar-refractivity contribution in [2.45, 2.75) is 71.3 Å². The summed E-state index contributed by atoms with van der Waals surface area (Å²) in [4.78, 5) is 2.60. The van der Waals surface area contributed by atoms with Gasteiger partial charge >= 0.3 is 0 Å². The van der Waals surface area contributed by atoms with Crippen LogP contribution in [0.5, 0.6) is 5.75 Å². The zero-order valence-corrected chi connectivity index (χ0v) is 21.7. The second-order valence-corrected chi connectivity index (χ2v) is 11.7. The number of likely N-dealkylation sites (tertiary alicyclic amines) is 1. The molecule has 2 aromatic rings. The molecule has 1 saturated carbocycles. The first-order valence-corrected chi connectivity index (χ1v) is 13.6. The van der Waals surface area contributed by atoms with Crippen LogP contribution in [0.25, 0.3) is 0 Å². The molecule has 34 heavy (non-hydrogen) atoms. The van der Waals surface area contributed by atoms with Crippen molar-refractivity contribution in [1.82, 2.24) is 4.90 Å². The van der Waals surface area contributed by atoms with Crippen LogP contribution in [0.15, 0.2) is 54.6 Å². The Morgan fingerprint density at radius 1 is 0.912 bits per heavy atom. The fraction of sp³-hybridized carbons (Fsp3) is 0.613. The number of phenols is 1. The molecule has 5 atom stereocenters. The van der Waals surface area contributed by atoms with Crippen LogP contribution in [-0.4, -0.2) is 34.8 Å². The molecule has 186 valence electrons. The van der Waals surface area contributed by atoms with E-state index >= 15 is 0 Å². The Morgan fingerprint density at radius 2 is 1.56 bits per heavy atom. The van der Waals surface area contributed by atoms with Crippen LogP contribution in [-0.2, 0) is 5.41 Å². The maximum Gasteiger partial charge on any atom is 0.115 e. The van der Waals surface area contributed by atoms with Gasteiger partial charge in [-0.05, 0) is 91.6 Å². The summed E-state index contributed by atoms with van der Waals surface area (Å²) < 4.78 is 0. The van der Waals surface area contributed by atoms with Gasteiger partial charge < -0.3 is 10.2 Å². The maximum absolute atomic E-state index is 10.0. The fourth-order valence-electron chi connectivity index (χ4n) is 7.63. The number of phenolic OH excluding ortho intramolecular Hbond substituents is 1. The molecular weight excluding hydrogens is 418 g/mol. The van der Waals surface area contributed by atoms with Gasteiger partial charge in [0.15, 0.2) is 0 Å². The minimum atomic E-state index is 0.155. The first-order chi connectivity index (χ1) is 16.4. The predicted molar refractivity (Wildman–Crippen MR) is 141 cm³/mol. The minimum absolute atomic E-state index is 0.155. The third-order valence-corrected chi connectivity index (χ3v) is 9.15. The number of aliphatic hydroxyl groups is 1. The molecule has 0 amide bonds. The van der Waals surface area contributed by atoms with Crippen LogP contribution in [0.4, 0.5) is 0 Å². The Labute approximate surface area is 207 Å². The Hall–Kier alpha value is -1.84. The van der Waals surface area contributed by atoms with Gasteiger partial charge in [-0.15, -0.1) is 0 Å². The van der Waals surface area contributed by atoms with Gasteiger partial charge in [-0.25, -0.2) is 0 Å². The highest BCUT2D eigenvalue weighted by Crippen LogP contribution is 2.56. The van der Waals surface area contributed by atoms with Gasteiger partial charge in [0.2, 0.25) is 0 Å². The van der Waals surface area contributed by atoms with Gasteiger partial charge in [0.25, 0.3) is 0 Å². The summed E-state index contributed by atoms with van der Waals surface area (Å²) in [5.74, 6) is 3.33. The van der Waals surface area contributed by atoms with Crippen LogP contribution in [0.3, 0.4) is 0 Å². The second-order valence-electron chi connectivity index (χ2n) is 11.7. The number of nitrogens with zero attached hydrogens (tertiary/aromatic N) is 1. The number of rotatable bonds is 7. The average Bonchev–Trinajstić information content (AvgIpc) is 2.85. The highest BCUT2D eigenvalue weighted by molar-refractivity contribution is 5.31. The van der Waals surface area contributed by atoms with E-state index in [1.807, 2.05) is 12.1 Å². The Bertz CT molecular complexity index is 887. The first-order valence-electron chi connectivity index (χ1n) is 13.6. The van der Waals surface area contributed by atoms with Crippen LogP contribution in [0.1, 0.15) is 77.0 Å². The third-order valence-electron chi connectivity index (χ3n) is 9.15. The minimum Gasteiger partial charge on any atom is -0.508 e. The van der Waals surface area contributed by atoms with Gasteiger partial charge in [0, 0.05) is 18.1 Å². The van der Waals surface area contributed by atoms with Crippen LogP contribution < -0.4 is 0 Å². The topological polar surface area (TPSA) is 43.7 Å². The molecule has 1 saturated heterocycles. The molecule has 0 bridgehead atoms. The quantitative estimate of drug-likeness (QED) is 0.474. The summed E-state index contributed by atoms with van der Waals surface area (Å²) in [6, 6.07) is 19.3. The molecule has 0 aromatic heterocycles. The summed E-state index contributed by atoms with van der Waals surface area (Å²) in [6.45, 7) is 11.8.